The van der Waals surface area contributed by atoms with Crippen LogP contribution in [0.15, 0.2) is 24.3 Å². The predicted octanol–water partition coefficient (Wildman–Crippen LogP) is 2.77. The average molecular weight is 346 g/mol. The molecule has 5 heteroatoms. The maximum absolute atomic E-state index is 12.6. The van der Waals surface area contributed by atoms with Gasteiger partial charge in [0.1, 0.15) is 5.75 Å². The van der Waals surface area contributed by atoms with Gasteiger partial charge in [-0.05, 0) is 62.4 Å². The lowest BCUT2D eigenvalue weighted by Gasteiger charge is -2.27. The Labute approximate surface area is 150 Å². The van der Waals surface area contributed by atoms with Gasteiger partial charge < -0.3 is 19.7 Å². The van der Waals surface area contributed by atoms with Crippen LogP contribution in [-0.2, 0) is 9.53 Å². The molecular formula is C20H30N2O3. The van der Waals surface area contributed by atoms with Crippen molar-refractivity contribution in [3.63, 3.8) is 0 Å². The summed E-state index contributed by atoms with van der Waals surface area (Å²) in [4.78, 5) is 15.0. The van der Waals surface area contributed by atoms with Crippen molar-refractivity contribution in [2.45, 2.75) is 38.1 Å². The van der Waals surface area contributed by atoms with Crippen molar-refractivity contribution >= 4 is 5.91 Å². The molecule has 2 fully saturated rings. The number of amides is 1. The van der Waals surface area contributed by atoms with Crippen molar-refractivity contribution in [1.82, 2.24) is 10.2 Å². The van der Waals surface area contributed by atoms with E-state index in [1.807, 2.05) is 12.1 Å². The van der Waals surface area contributed by atoms with Gasteiger partial charge in [-0.25, -0.2) is 0 Å². The molecule has 2 saturated heterocycles. The maximum atomic E-state index is 12.6. The van der Waals surface area contributed by atoms with E-state index in [2.05, 4.69) is 22.3 Å². The van der Waals surface area contributed by atoms with Crippen LogP contribution in [0, 0.1) is 5.92 Å². The van der Waals surface area contributed by atoms with E-state index in [-0.39, 0.29) is 11.9 Å². The molecule has 2 atom stereocenters. The monoisotopic (exact) mass is 346 g/mol. The lowest BCUT2D eigenvalue weighted by atomic mass is 9.97. The predicted molar refractivity (Wildman–Crippen MR) is 97.7 cm³/mol. The van der Waals surface area contributed by atoms with Crippen LogP contribution in [0.5, 0.6) is 5.75 Å². The van der Waals surface area contributed by atoms with Gasteiger partial charge in [0.15, 0.2) is 0 Å². The molecular weight excluding hydrogens is 316 g/mol. The Morgan fingerprint density at radius 2 is 2.04 bits per heavy atom. The van der Waals surface area contributed by atoms with E-state index >= 15 is 0 Å². The number of hydrogen-bond donors (Lipinski definition) is 1. The van der Waals surface area contributed by atoms with Crippen LogP contribution in [0.2, 0.25) is 0 Å². The Morgan fingerprint density at radius 1 is 1.28 bits per heavy atom. The van der Waals surface area contributed by atoms with E-state index in [1.165, 1.54) is 12.8 Å². The lowest BCUT2D eigenvalue weighted by molar-refractivity contribution is -0.124. The summed E-state index contributed by atoms with van der Waals surface area (Å²) in [5, 5.41) is 3.27. The third-order valence-electron chi connectivity index (χ3n) is 5.22. The minimum atomic E-state index is 0.0287. The van der Waals surface area contributed by atoms with Crippen LogP contribution in [-0.4, -0.2) is 50.8 Å². The third kappa shape index (κ3) is 5.44. The number of carbonyl (C=O) groups is 1. The number of nitrogens with one attached hydrogen (secondary N) is 1. The SMILES string of the molecule is COc1ccc([C@@H](CN2CCCC2)NC(=O)C[C@@H]2CCCOC2)cc1. The van der Waals surface area contributed by atoms with Gasteiger partial charge in [-0.3, -0.25) is 4.79 Å². The minimum absolute atomic E-state index is 0.0287. The zero-order valence-corrected chi connectivity index (χ0v) is 15.2. The summed E-state index contributed by atoms with van der Waals surface area (Å²) in [5.74, 6) is 1.34. The molecule has 1 N–H and O–H groups in total. The summed E-state index contributed by atoms with van der Waals surface area (Å²) in [5.41, 5.74) is 1.14. The van der Waals surface area contributed by atoms with Crippen LogP contribution in [0.25, 0.3) is 0 Å². The van der Waals surface area contributed by atoms with Crippen LogP contribution >= 0.6 is 0 Å². The zero-order valence-electron chi connectivity index (χ0n) is 15.2. The number of carbonyl (C=O) groups excluding carboxylic acids is 1. The van der Waals surface area contributed by atoms with E-state index in [0.29, 0.717) is 18.9 Å². The number of benzene rings is 1. The molecule has 0 saturated carbocycles. The highest BCUT2D eigenvalue weighted by atomic mass is 16.5. The van der Waals surface area contributed by atoms with E-state index in [0.717, 1.165) is 50.4 Å². The molecule has 138 valence electrons. The highest BCUT2D eigenvalue weighted by Crippen LogP contribution is 2.22. The van der Waals surface area contributed by atoms with Gasteiger partial charge in [0.05, 0.1) is 13.2 Å². The number of hydrogen-bond acceptors (Lipinski definition) is 4. The maximum Gasteiger partial charge on any atom is 0.220 e. The van der Waals surface area contributed by atoms with Gasteiger partial charge in [0.2, 0.25) is 5.91 Å². The van der Waals surface area contributed by atoms with E-state index in [1.54, 1.807) is 7.11 Å². The van der Waals surface area contributed by atoms with Crippen molar-refractivity contribution in [3.05, 3.63) is 29.8 Å². The van der Waals surface area contributed by atoms with Crippen molar-refractivity contribution < 1.29 is 14.3 Å². The normalized spacial score (nSPS) is 22.5. The minimum Gasteiger partial charge on any atom is -0.497 e. The molecule has 1 aromatic carbocycles. The summed E-state index contributed by atoms with van der Waals surface area (Å²) in [6.45, 7) is 4.67. The van der Waals surface area contributed by atoms with E-state index in [9.17, 15) is 4.79 Å². The molecule has 25 heavy (non-hydrogen) atoms. The summed E-state index contributed by atoms with van der Waals surface area (Å²) in [7, 11) is 1.67. The fraction of sp³-hybridized carbons (Fsp3) is 0.650. The summed E-state index contributed by atoms with van der Waals surface area (Å²) < 4.78 is 10.8. The third-order valence-corrected chi connectivity index (χ3v) is 5.22. The first-order valence-electron chi connectivity index (χ1n) is 9.48. The molecule has 0 unspecified atom stereocenters. The molecule has 2 heterocycles. The first-order valence-corrected chi connectivity index (χ1v) is 9.48. The second-order valence-electron chi connectivity index (χ2n) is 7.19. The van der Waals surface area contributed by atoms with Gasteiger partial charge in [0, 0.05) is 26.2 Å². The lowest BCUT2D eigenvalue weighted by Crippen LogP contribution is -2.38. The number of ether oxygens (including phenoxy) is 2. The molecule has 0 aromatic heterocycles. The van der Waals surface area contributed by atoms with Crippen molar-refractivity contribution in [3.8, 4) is 5.75 Å². The van der Waals surface area contributed by atoms with Crippen molar-refractivity contribution in [2.75, 3.05) is 40.0 Å². The van der Waals surface area contributed by atoms with Gasteiger partial charge >= 0.3 is 0 Å². The molecule has 2 aliphatic heterocycles. The molecule has 2 aliphatic rings. The molecule has 1 amide bonds. The van der Waals surface area contributed by atoms with Gasteiger partial charge in [-0.2, -0.15) is 0 Å². The summed E-state index contributed by atoms with van der Waals surface area (Å²) in [6.07, 6.45) is 5.22. The van der Waals surface area contributed by atoms with Gasteiger partial charge in [0.25, 0.3) is 0 Å². The average Bonchev–Trinajstić information content (AvgIpc) is 3.15. The van der Waals surface area contributed by atoms with Crippen LogP contribution in [0.3, 0.4) is 0 Å². The van der Waals surface area contributed by atoms with Crippen molar-refractivity contribution in [2.24, 2.45) is 5.92 Å². The fourth-order valence-electron chi connectivity index (χ4n) is 3.78. The zero-order chi connectivity index (χ0) is 17.5. The smallest absolute Gasteiger partial charge is 0.220 e. The molecule has 1 aromatic rings. The Hall–Kier alpha value is -1.59. The number of methoxy groups -OCH3 is 1. The second-order valence-corrected chi connectivity index (χ2v) is 7.19. The van der Waals surface area contributed by atoms with E-state index in [4.69, 9.17) is 9.47 Å². The number of likely N-dealkylation sites (tertiary alicyclic amines) is 1. The highest BCUT2D eigenvalue weighted by Gasteiger charge is 2.23. The molecule has 3 rings (SSSR count). The van der Waals surface area contributed by atoms with Gasteiger partial charge in [-0.1, -0.05) is 12.1 Å². The number of rotatable bonds is 7. The van der Waals surface area contributed by atoms with Crippen molar-refractivity contribution in [1.29, 1.82) is 0 Å². The quantitative estimate of drug-likeness (QED) is 0.825. The largest absolute Gasteiger partial charge is 0.497 e. The van der Waals surface area contributed by atoms with Crippen LogP contribution in [0.4, 0.5) is 0 Å². The van der Waals surface area contributed by atoms with E-state index < -0.39 is 0 Å². The van der Waals surface area contributed by atoms with Gasteiger partial charge in [-0.15, -0.1) is 0 Å². The molecule has 0 spiro atoms. The second kappa shape index (κ2) is 9.20. The summed E-state index contributed by atoms with van der Waals surface area (Å²) in [6, 6.07) is 8.08. The topological polar surface area (TPSA) is 50.8 Å². The highest BCUT2D eigenvalue weighted by molar-refractivity contribution is 5.76. The van der Waals surface area contributed by atoms with Crippen LogP contribution < -0.4 is 10.1 Å². The Morgan fingerprint density at radius 3 is 2.68 bits per heavy atom. The molecule has 0 radical (unpaired) electrons. The summed E-state index contributed by atoms with van der Waals surface area (Å²) >= 11 is 0. The van der Waals surface area contributed by atoms with Crippen LogP contribution in [0.1, 0.15) is 43.7 Å². The number of nitrogens with zero attached hydrogens (tertiary/aromatic N) is 1. The first-order chi connectivity index (χ1) is 12.2. The molecule has 0 bridgehead atoms. The standard InChI is InChI=1S/C20H30N2O3/c1-24-18-8-6-17(7-9-18)19(14-22-10-2-3-11-22)21-20(23)13-16-5-4-12-25-15-16/h6-9,16,19H,2-5,10-15H2,1H3,(H,21,23)/t16-,19+/m0/s1. The molecule has 5 nitrogen and oxygen atoms in total. The Kier molecular flexibility index (Phi) is 6.70. The first kappa shape index (κ1) is 18.2. The Bertz CT molecular complexity index is 534. The Balaban J connectivity index is 1.62. The molecule has 0 aliphatic carbocycles. The fourth-order valence-corrected chi connectivity index (χ4v) is 3.78.